The maximum absolute atomic E-state index is 12.0. The molecule has 0 aliphatic rings. The van der Waals surface area contributed by atoms with Crippen molar-refractivity contribution in [2.45, 2.75) is 26.4 Å². The molecule has 0 saturated heterocycles. The van der Waals surface area contributed by atoms with Gasteiger partial charge < -0.3 is 9.47 Å². The number of rotatable bonds is 6. The Morgan fingerprint density at radius 2 is 1.79 bits per heavy atom. The van der Waals surface area contributed by atoms with Gasteiger partial charge in [0.15, 0.2) is 11.9 Å². The Kier molecular flexibility index (Phi) is 5.73. The van der Waals surface area contributed by atoms with E-state index in [9.17, 15) is 14.4 Å². The molecular weight excluding hydrogens is 248 g/mol. The average Bonchev–Trinajstić information content (AvgIpc) is 2.37. The molecule has 19 heavy (non-hydrogen) atoms. The number of benzene rings is 1. The fraction of sp³-hybridized carbons (Fsp3) is 0.357. The van der Waals surface area contributed by atoms with E-state index in [0.29, 0.717) is 5.56 Å². The highest BCUT2D eigenvalue weighted by Gasteiger charge is 2.25. The zero-order chi connectivity index (χ0) is 14.3. The average molecular weight is 264 g/mol. The van der Waals surface area contributed by atoms with Crippen LogP contribution in [0.15, 0.2) is 30.3 Å². The van der Waals surface area contributed by atoms with Gasteiger partial charge in [-0.3, -0.25) is 14.4 Å². The number of hydrogen-bond acceptors (Lipinski definition) is 5. The number of ether oxygens (including phenoxy) is 2. The molecular formula is C14H16O5. The van der Waals surface area contributed by atoms with Crippen LogP contribution in [0.4, 0.5) is 0 Å². The maximum atomic E-state index is 12.0. The lowest BCUT2D eigenvalue weighted by Gasteiger charge is -2.15. The molecule has 5 heteroatoms. The molecule has 0 aromatic heterocycles. The summed E-state index contributed by atoms with van der Waals surface area (Å²) in [4.78, 5) is 34.3. The van der Waals surface area contributed by atoms with Crippen molar-refractivity contribution < 1.29 is 23.9 Å². The molecule has 0 amide bonds. The molecule has 0 aliphatic heterocycles. The minimum absolute atomic E-state index is 0.204. The second kappa shape index (κ2) is 7.31. The molecule has 0 aliphatic carbocycles. The van der Waals surface area contributed by atoms with Gasteiger partial charge in [0.25, 0.3) is 0 Å². The second-order valence-electron chi connectivity index (χ2n) is 3.85. The van der Waals surface area contributed by atoms with Crippen molar-refractivity contribution in [2.75, 3.05) is 6.61 Å². The Balaban J connectivity index is 2.83. The largest absolute Gasteiger partial charge is 0.466 e. The van der Waals surface area contributed by atoms with E-state index in [4.69, 9.17) is 9.47 Å². The third-order valence-electron chi connectivity index (χ3n) is 2.30. The molecule has 0 spiro atoms. The molecule has 0 radical (unpaired) electrons. The lowest BCUT2D eigenvalue weighted by atomic mass is 10.0. The van der Waals surface area contributed by atoms with Crippen LogP contribution < -0.4 is 0 Å². The molecule has 0 N–H and O–H groups in total. The van der Waals surface area contributed by atoms with Crippen LogP contribution in [0, 0.1) is 0 Å². The minimum atomic E-state index is -1.07. The number of Topliss-reactive ketones (excluding diaryl/α,β-unsaturated/α-hetero) is 1. The number of carbonyl (C=O) groups is 3. The monoisotopic (exact) mass is 264 g/mol. The Bertz CT molecular complexity index is 452. The molecule has 0 fully saturated rings. The van der Waals surface area contributed by atoms with Crippen molar-refractivity contribution in [3.63, 3.8) is 0 Å². The molecule has 0 saturated carbocycles. The summed E-state index contributed by atoms with van der Waals surface area (Å²) in [7, 11) is 0. The van der Waals surface area contributed by atoms with Crippen LogP contribution in [-0.4, -0.2) is 24.3 Å². The van der Waals surface area contributed by atoms with Crippen molar-refractivity contribution in [3.05, 3.63) is 35.9 Å². The van der Waals surface area contributed by atoms with Crippen LogP contribution in [0.3, 0.4) is 0 Å². The second-order valence-corrected chi connectivity index (χ2v) is 3.85. The highest BCUT2D eigenvalue weighted by Crippen LogP contribution is 2.20. The molecule has 0 heterocycles. The molecule has 102 valence electrons. The normalized spacial score (nSPS) is 11.5. The van der Waals surface area contributed by atoms with Crippen LogP contribution in [0.2, 0.25) is 0 Å². The van der Waals surface area contributed by atoms with Gasteiger partial charge in [-0.2, -0.15) is 0 Å². The summed E-state index contributed by atoms with van der Waals surface area (Å²) in [6.45, 7) is 3.08. The first-order chi connectivity index (χ1) is 9.04. The van der Waals surface area contributed by atoms with Gasteiger partial charge in [0.05, 0.1) is 6.61 Å². The number of hydrogen-bond donors (Lipinski definition) is 0. The standard InChI is InChI=1S/C14H16O5/c1-3-18-13(17)9-12(16)14(19-10(2)15)11-7-5-4-6-8-11/h4-8,14H,3,9H2,1-2H3. The van der Waals surface area contributed by atoms with Crippen molar-refractivity contribution in [2.24, 2.45) is 0 Å². The lowest BCUT2D eigenvalue weighted by Crippen LogP contribution is -2.22. The van der Waals surface area contributed by atoms with E-state index in [2.05, 4.69) is 0 Å². The third-order valence-corrected chi connectivity index (χ3v) is 2.30. The number of ketones is 1. The zero-order valence-electron chi connectivity index (χ0n) is 10.9. The molecule has 1 atom stereocenters. The SMILES string of the molecule is CCOC(=O)CC(=O)C(OC(C)=O)c1ccccc1. The third kappa shape index (κ3) is 4.91. The fourth-order valence-electron chi connectivity index (χ4n) is 1.56. The number of esters is 2. The van der Waals surface area contributed by atoms with E-state index in [-0.39, 0.29) is 6.61 Å². The molecule has 0 bridgehead atoms. The van der Waals surface area contributed by atoms with Gasteiger partial charge in [0.2, 0.25) is 0 Å². The van der Waals surface area contributed by atoms with Crippen molar-refractivity contribution in [1.82, 2.24) is 0 Å². The van der Waals surface area contributed by atoms with E-state index in [1.165, 1.54) is 6.92 Å². The smallest absolute Gasteiger partial charge is 0.313 e. The van der Waals surface area contributed by atoms with Crippen LogP contribution >= 0.6 is 0 Å². The summed E-state index contributed by atoms with van der Waals surface area (Å²) in [5.41, 5.74) is 0.534. The fourth-order valence-corrected chi connectivity index (χ4v) is 1.56. The molecule has 1 aromatic carbocycles. The lowest BCUT2D eigenvalue weighted by molar-refractivity contribution is -0.157. The minimum Gasteiger partial charge on any atom is -0.466 e. The topological polar surface area (TPSA) is 69.7 Å². The van der Waals surface area contributed by atoms with Gasteiger partial charge in [0, 0.05) is 6.92 Å². The van der Waals surface area contributed by atoms with E-state index in [1.807, 2.05) is 0 Å². The van der Waals surface area contributed by atoms with Crippen LogP contribution in [-0.2, 0) is 23.9 Å². The van der Waals surface area contributed by atoms with Gasteiger partial charge in [-0.25, -0.2) is 0 Å². The van der Waals surface area contributed by atoms with Crippen LogP contribution in [0.5, 0.6) is 0 Å². The molecule has 1 rings (SSSR count). The first-order valence-electron chi connectivity index (χ1n) is 5.95. The van der Waals surface area contributed by atoms with Crippen LogP contribution in [0.25, 0.3) is 0 Å². The first kappa shape index (κ1) is 14.9. The molecule has 1 unspecified atom stereocenters. The Hall–Kier alpha value is -2.17. The van der Waals surface area contributed by atoms with E-state index in [1.54, 1.807) is 37.3 Å². The predicted octanol–water partition coefficient (Wildman–Crippen LogP) is 1.81. The summed E-state index contributed by atoms with van der Waals surface area (Å²) < 4.78 is 9.68. The summed E-state index contributed by atoms with van der Waals surface area (Å²) in [5, 5.41) is 0. The quantitative estimate of drug-likeness (QED) is 0.579. The highest BCUT2D eigenvalue weighted by atomic mass is 16.5. The highest BCUT2D eigenvalue weighted by molar-refractivity contribution is 5.99. The zero-order valence-corrected chi connectivity index (χ0v) is 10.9. The van der Waals surface area contributed by atoms with Gasteiger partial charge in [-0.15, -0.1) is 0 Å². The summed E-state index contributed by atoms with van der Waals surface area (Å²) >= 11 is 0. The van der Waals surface area contributed by atoms with E-state index in [0.717, 1.165) is 0 Å². The Morgan fingerprint density at radius 3 is 2.32 bits per heavy atom. The summed E-state index contributed by atoms with van der Waals surface area (Å²) in [6, 6.07) is 8.56. The molecule has 1 aromatic rings. The first-order valence-corrected chi connectivity index (χ1v) is 5.95. The van der Waals surface area contributed by atoms with Gasteiger partial charge >= 0.3 is 11.9 Å². The summed E-state index contributed by atoms with van der Waals surface area (Å²) in [5.74, 6) is -1.70. The van der Waals surface area contributed by atoms with Crippen molar-refractivity contribution in [1.29, 1.82) is 0 Å². The molecule has 5 nitrogen and oxygen atoms in total. The van der Waals surface area contributed by atoms with E-state index < -0.39 is 30.2 Å². The van der Waals surface area contributed by atoms with Gasteiger partial charge in [-0.1, -0.05) is 30.3 Å². The maximum Gasteiger partial charge on any atom is 0.313 e. The van der Waals surface area contributed by atoms with Crippen molar-refractivity contribution >= 4 is 17.7 Å². The van der Waals surface area contributed by atoms with Gasteiger partial charge in [-0.05, 0) is 12.5 Å². The van der Waals surface area contributed by atoms with Crippen molar-refractivity contribution in [3.8, 4) is 0 Å². The Morgan fingerprint density at radius 1 is 1.16 bits per heavy atom. The van der Waals surface area contributed by atoms with Crippen LogP contribution in [0.1, 0.15) is 31.9 Å². The Labute approximate surface area is 111 Å². The van der Waals surface area contributed by atoms with Gasteiger partial charge in [0.1, 0.15) is 6.42 Å². The van der Waals surface area contributed by atoms with E-state index >= 15 is 0 Å². The predicted molar refractivity (Wildman–Crippen MR) is 67.2 cm³/mol. The number of carbonyl (C=O) groups excluding carboxylic acids is 3. The summed E-state index contributed by atoms with van der Waals surface area (Å²) in [6.07, 6.45) is -1.48.